The third kappa shape index (κ3) is 5.29. The fourth-order valence-electron chi connectivity index (χ4n) is 6.15. The quantitative estimate of drug-likeness (QED) is 0.228. The number of aliphatic hydroxyl groups is 1. The lowest BCUT2D eigenvalue weighted by molar-refractivity contribution is -0.192. The van der Waals surface area contributed by atoms with Crippen LogP contribution in [0.25, 0.3) is 0 Å². The molecule has 3 aliphatic rings. The molecule has 6 atom stereocenters. The van der Waals surface area contributed by atoms with Crippen molar-refractivity contribution in [2.45, 2.75) is 121 Å². The lowest BCUT2D eigenvalue weighted by Gasteiger charge is -2.45. The lowest BCUT2D eigenvalue weighted by Crippen LogP contribution is -2.66. The van der Waals surface area contributed by atoms with Gasteiger partial charge in [0.25, 0.3) is 0 Å². The smallest absolute Gasteiger partial charge is 0.341 e. The van der Waals surface area contributed by atoms with E-state index in [2.05, 4.69) is 47.4 Å². The van der Waals surface area contributed by atoms with Crippen LogP contribution in [-0.2, 0) is 29.7 Å². The number of carbonyl (C=O) groups excluding carboxylic acids is 1. The summed E-state index contributed by atoms with van der Waals surface area (Å²) >= 11 is 0. The van der Waals surface area contributed by atoms with E-state index >= 15 is 0 Å². The Labute approximate surface area is 237 Å². The van der Waals surface area contributed by atoms with Crippen molar-refractivity contribution in [1.29, 1.82) is 0 Å². The Balaban J connectivity index is 1.81. The highest BCUT2D eigenvalue weighted by Gasteiger charge is 2.73. The van der Waals surface area contributed by atoms with Gasteiger partial charge >= 0.3 is 5.97 Å². The Morgan fingerprint density at radius 1 is 1.13 bits per heavy atom. The van der Waals surface area contributed by atoms with E-state index in [1.54, 1.807) is 6.92 Å². The van der Waals surface area contributed by atoms with Crippen molar-refractivity contribution in [2.75, 3.05) is 0 Å². The summed E-state index contributed by atoms with van der Waals surface area (Å²) in [7, 11) is -4.38. The fourth-order valence-corrected chi connectivity index (χ4v) is 8.96. The molecule has 0 spiro atoms. The zero-order valence-electron chi connectivity index (χ0n) is 25.5. The summed E-state index contributed by atoms with van der Waals surface area (Å²) in [4.78, 5) is 13.7. The SMILES string of the molecule is C=C1C[C@@H](OCc2ccccc2)[C@@]2(O)[C@@H](OC(=O)[C@@]2(C)O[Si](C)(C)C)C2=C(C)C(O[Si](C)(C)C(C)(C)C)C[C@H]12. The highest BCUT2D eigenvalue weighted by atomic mass is 28.4. The third-order valence-electron chi connectivity index (χ3n) is 9.30. The predicted molar refractivity (Wildman–Crippen MR) is 159 cm³/mol. The van der Waals surface area contributed by atoms with Gasteiger partial charge in [0.15, 0.2) is 33.9 Å². The van der Waals surface area contributed by atoms with Crippen LogP contribution in [-0.4, -0.2) is 57.2 Å². The number of benzene rings is 1. The highest BCUT2D eigenvalue weighted by Crippen LogP contribution is 2.56. The summed E-state index contributed by atoms with van der Waals surface area (Å²) in [5, 5.41) is 12.9. The van der Waals surface area contributed by atoms with E-state index in [0.29, 0.717) is 13.0 Å². The molecule has 8 heteroatoms. The first kappa shape index (κ1) is 30.4. The van der Waals surface area contributed by atoms with Gasteiger partial charge in [0.1, 0.15) is 0 Å². The van der Waals surface area contributed by atoms with E-state index in [-0.39, 0.29) is 17.1 Å². The van der Waals surface area contributed by atoms with Crippen molar-refractivity contribution >= 4 is 22.6 Å². The lowest BCUT2D eigenvalue weighted by atomic mass is 9.75. The summed E-state index contributed by atoms with van der Waals surface area (Å²) in [6, 6.07) is 9.87. The average Bonchev–Trinajstić information content (AvgIpc) is 3.18. The normalized spacial score (nSPS) is 33.6. The first-order valence-electron chi connectivity index (χ1n) is 14.2. The van der Waals surface area contributed by atoms with Crippen molar-refractivity contribution in [3.63, 3.8) is 0 Å². The van der Waals surface area contributed by atoms with Gasteiger partial charge in [-0.1, -0.05) is 63.3 Å². The zero-order valence-corrected chi connectivity index (χ0v) is 27.5. The minimum atomic E-state index is -2.30. The van der Waals surface area contributed by atoms with E-state index in [4.69, 9.17) is 18.3 Å². The summed E-state index contributed by atoms with van der Waals surface area (Å²) in [6.45, 7) is 25.8. The van der Waals surface area contributed by atoms with Crippen molar-refractivity contribution < 1.29 is 28.2 Å². The second-order valence-corrected chi connectivity index (χ2v) is 23.5. The molecule has 4 rings (SSSR count). The van der Waals surface area contributed by atoms with Crippen LogP contribution in [0.2, 0.25) is 37.8 Å². The van der Waals surface area contributed by atoms with Crippen molar-refractivity contribution in [1.82, 2.24) is 0 Å². The van der Waals surface area contributed by atoms with Crippen LogP contribution < -0.4 is 0 Å². The molecule has 1 heterocycles. The van der Waals surface area contributed by atoms with Crippen LogP contribution in [0.5, 0.6) is 0 Å². The largest absolute Gasteiger partial charge is 0.452 e. The Morgan fingerprint density at radius 2 is 1.74 bits per heavy atom. The number of hydrogen-bond donors (Lipinski definition) is 1. The molecule has 1 aromatic carbocycles. The van der Waals surface area contributed by atoms with Gasteiger partial charge < -0.3 is 23.4 Å². The monoisotopic (exact) mass is 572 g/mol. The van der Waals surface area contributed by atoms with E-state index in [0.717, 1.165) is 28.7 Å². The first-order chi connectivity index (χ1) is 17.8. The predicted octanol–water partition coefficient (Wildman–Crippen LogP) is 6.53. The van der Waals surface area contributed by atoms with Crippen LogP contribution in [0.1, 0.15) is 53.0 Å². The molecule has 1 N–H and O–H groups in total. The number of hydrogen-bond acceptors (Lipinski definition) is 6. The molecular weight excluding hydrogens is 525 g/mol. The van der Waals surface area contributed by atoms with Crippen molar-refractivity contribution in [3.05, 3.63) is 59.2 Å². The molecule has 1 saturated heterocycles. The van der Waals surface area contributed by atoms with E-state index < -0.39 is 46.0 Å². The molecule has 0 radical (unpaired) electrons. The highest BCUT2D eigenvalue weighted by molar-refractivity contribution is 6.74. The van der Waals surface area contributed by atoms with Crippen LogP contribution in [0.15, 0.2) is 53.6 Å². The molecule has 1 saturated carbocycles. The maximum atomic E-state index is 13.7. The molecule has 39 heavy (non-hydrogen) atoms. The average molecular weight is 573 g/mol. The molecule has 6 nitrogen and oxygen atoms in total. The van der Waals surface area contributed by atoms with Crippen LogP contribution in [0.3, 0.4) is 0 Å². The molecule has 0 bridgehead atoms. The Bertz CT molecular complexity index is 1150. The van der Waals surface area contributed by atoms with E-state index in [9.17, 15) is 9.90 Å². The third-order valence-corrected chi connectivity index (χ3v) is 14.8. The summed E-state index contributed by atoms with van der Waals surface area (Å²) in [5.74, 6) is -0.602. The molecule has 1 unspecified atom stereocenters. The molecule has 216 valence electrons. The summed E-state index contributed by atoms with van der Waals surface area (Å²) < 4.78 is 26.1. The van der Waals surface area contributed by atoms with Crippen LogP contribution in [0, 0.1) is 5.92 Å². The van der Waals surface area contributed by atoms with Crippen molar-refractivity contribution in [3.8, 4) is 0 Å². The number of fused-ring (bicyclic) bond motifs is 3. The molecule has 1 aliphatic heterocycles. The van der Waals surface area contributed by atoms with Crippen LogP contribution in [0.4, 0.5) is 0 Å². The first-order valence-corrected chi connectivity index (χ1v) is 20.5. The fraction of sp³-hybridized carbons (Fsp3) is 0.645. The van der Waals surface area contributed by atoms with E-state index in [1.807, 2.05) is 50.0 Å². The summed E-state index contributed by atoms with van der Waals surface area (Å²) in [6.07, 6.45) is -0.626. The molecule has 0 amide bonds. The number of carbonyl (C=O) groups is 1. The van der Waals surface area contributed by atoms with Gasteiger partial charge in [-0.05, 0) is 81.2 Å². The van der Waals surface area contributed by atoms with Gasteiger partial charge in [0, 0.05) is 5.92 Å². The van der Waals surface area contributed by atoms with E-state index in [1.165, 1.54) is 0 Å². The summed E-state index contributed by atoms with van der Waals surface area (Å²) in [5.41, 5.74) is 0.585. The standard InChI is InChI=1S/C31H48O6Si2/c1-20-17-25(34-19-22-15-13-12-14-16-22)31(33)27(35-28(32)30(31,6)37-38(7,8)9)26-21(2)24(18-23(20)26)36-39(10,11)29(3,4)5/h12-16,23-25,27,33H,1,17-19H2,2-11H3/t23-,24?,25-,27+,30-,31-/m1/s1. The van der Waals surface area contributed by atoms with Gasteiger partial charge in [-0.15, -0.1) is 0 Å². The van der Waals surface area contributed by atoms with Gasteiger partial charge in [-0.25, -0.2) is 4.79 Å². The minimum Gasteiger partial charge on any atom is -0.452 e. The maximum absolute atomic E-state index is 13.7. The molecule has 2 aliphatic carbocycles. The molecular formula is C31H48O6Si2. The number of esters is 1. The Morgan fingerprint density at radius 3 is 2.31 bits per heavy atom. The second kappa shape index (κ2) is 10.1. The van der Waals surface area contributed by atoms with Crippen molar-refractivity contribution in [2.24, 2.45) is 5.92 Å². The second-order valence-electron chi connectivity index (χ2n) is 14.3. The van der Waals surface area contributed by atoms with Gasteiger partial charge in [0.05, 0.1) is 18.8 Å². The molecule has 1 aromatic rings. The Hall–Kier alpha value is -1.56. The van der Waals surface area contributed by atoms with Gasteiger partial charge in [-0.3, -0.25) is 0 Å². The molecule has 2 fully saturated rings. The van der Waals surface area contributed by atoms with Gasteiger partial charge in [-0.2, -0.15) is 0 Å². The molecule has 0 aromatic heterocycles. The zero-order chi connectivity index (χ0) is 29.2. The topological polar surface area (TPSA) is 74.2 Å². The van der Waals surface area contributed by atoms with Crippen LogP contribution >= 0.6 is 0 Å². The number of ether oxygens (including phenoxy) is 2. The maximum Gasteiger partial charge on any atom is 0.341 e. The minimum absolute atomic E-state index is 0.0558. The number of rotatable bonds is 7. The Kier molecular flexibility index (Phi) is 7.85. The van der Waals surface area contributed by atoms with Gasteiger partial charge in [0.2, 0.25) is 0 Å².